The topological polar surface area (TPSA) is 99.1 Å². The van der Waals surface area contributed by atoms with Crippen LogP contribution < -0.4 is 5.73 Å². The maximum atomic E-state index is 12.3. The lowest BCUT2D eigenvalue weighted by molar-refractivity contribution is -0.385. The van der Waals surface area contributed by atoms with Gasteiger partial charge in [-0.25, -0.2) is 4.98 Å². The van der Waals surface area contributed by atoms with Crippen molar-refractivity contribution < 1.29 is 9.72 Å². The van der Waals surface area contributed by atoms with Gasteiger partial charge in [-0.1, -0.05) is 13.8 Å². The molecule has 1 aromatic heterocycles. The molecule has 0 fully saturated rings. The lowest BCUT2D eigenvalue weighted by atomic mass is 10.1. The Kier molecular flexibility index (Phi) is 3.80. The number of anilines is 1. The Bertz CT molecular complexity index is 679. The summed E-state index contributed by atoms with van der Waals surface area (Å²) in [4.78, 5) is 27.3. The summed E-state index contributed by atoms with van der Waals surface area (Å²) in [5.74, 6) is -0.0552. The SMILES string of the molecule is CC(C)c1cnc(C(=O)c2c[c]c([N+](=O)[O-])cc2N)s1. The third-order valence-electron chi connectivity index (χ3n) is 2.70. The molecule has 103 valence electrons. The number of nitrogen functional groups attached to an aromatic ring is 1. The van der Waals surface area contributed by atoms with Crippen molar-refractivity contribution in [3.63, 3.8) is 0 Å². The summed E-state index contributed by atoms with van der Waals surface area (Å²) in [5, 5.41) is 10.9. The van der Waals surface area contributed by atoms with Crippen molar-refractivity contribution >= 4 is 28.5 Å². The number of nitro groups is 1. The summed E-state index contributed by atoms with van der Waals surface area (Å²) in [6, 6.07) is 4.81. The molecule has 1 heterocycles. The van der Waals surface area contributed by atoms with Gasteiger partial charge in [0.2, 0.25) is 5.78 Å². The highest BCUT2D eigenvalue weighted by atomic mass is 32.1. The minimum absolute atomic E-state index is 0.0572. The van der Waals surface area contributed by atoms with E-state index in [2.05, 4.69) is 11.1 Å². The molecule has 1 aromatic carbocycles. The normalized spacial score (nSPS) is 10.8. The molecule has 2 rings (SSSR count). The second kappa shape index (κ2) is 5.38. The van der Waals surface area contributed by atoms with E-state index in [4.69, 9.17) is 5.73 Å². The van der Waals surface area contributed by atoms with E-state index in [-0.39, 0.29) is 28.6 Å². The fraction of sp³-hybridized carbons (Fsp3) is 0.231. The smallest absolute Gasteiger partial charge is 0.279 e. The Morgan fingerprint density at radius 3 is 2.75 bits per heavy atom. The lowest BCUT2D eigenvalue weighted by Crippen LogP contribution is -2.05. The molecule has 0 bridgehead atoms. The van der Waals surface area contributed by atoms with Gasteiger partial charge in [0.15, 0.2) is 5.01 Å². The van der Waals surface area contributed by atoms with Crippen molar-refractivity contribution in [1.29, 1.82) is 0 Å². The van der Waals surface area contributed by atoms with Crippen molar-refractivity contribution in [1.82, 2.24) is 4.98 Å². The van der Waals surface area contributed by atoms with E-state index in [0.717, 1.165) is 10.9 Å². The van der Waals surface area contributed by atoms with Crippen molar-refractivity contribution in [3.05, 3.63) is 50.0 Å². The number of nitrogens with two attached hydrogens (primary N) is 1. The van der Waals surface area contributed by atoms with E-state index in [9.17, 15) is 14.9 Å². The van der Waals surface area contributed by atoms with Crippen LogP contribution in [0.4, 0.5) is 11.4 Å². The predicted molar refractivity (Wildman–Crippen MR) is 76.0 cm³/mol. The standard InChI is InChI=1S/C13H12N3O3S/c1-7(2)11-6-15-13(20-11)12(17)9-4-3-8(16(18)19)5-10(9)14/h4-7H,14H2,1-2H3. The molecule has 0 aliphatic heterocycles. The molecule has 0 amide bonds. The van der Waals surface area contributed by atoms with Crippen LogP contribution in [0.3, 0.4) is 0 Å². The zero-order valence-corrected chi connectivity index (χ0v) is 11.7. The molecule has 2 N–H and O–H groups in total. The quantitative estimate of drug-likeness (QED) is 0.404. The highest BCUT2D eigenvalue weighted by Crippen LogP contribution is 2.26. The summed E-state index contributed by atoms with van der Waals surface area (Å²) >= 11 is 1.30. The first-order chi connectivity index (χ1) is 9.40. The molecular formula is C13H12N3O3S. The number of rotatable bonds is 4. The Labute approximate surface area is 119 Å². The van der Waals surface area contributed by atoms with E-state index in [0.29, 0.717) is 5.01 Å². The zero-order chi connectivity index (χ0) is 14.9. The van der Waals surface area contributed by atoms with Crippen LogP contribution in [0.2, 0.25) is 0 Å². The zero-order valence-electron chi connectivity index (χ0n) is 10.9. The molecule has 6 nitrogen and oxygen atoms in total. The molecule has 7 heteroatoms. The van der Waals surface area contributed by atoms with Crippen molar-refractivity contribution in [2.24, 2.45) is 0 Å². The average Bonchev–Trinajstić information content (AvgIpc) is 2.87. The molecular weight excluding hydrogens is 278 g/mol. The molecule has 0 atom stereocenters. The van der Waals surface area contributed by atoms with Gasteiger partial charge >= 0.3 is 0 Å². The van der Waals surface area contributed by atoms with E-state index in [1.54, 1.807) is 6.20 Å². The summed E-state index contributed by atoms with van der Waals surface area (Å²) in [5.41, 5.74) is 5.67. The minimum atomic E-state index is -0.606. The second-order valence-corrected chi connectivity index (χ2v) is 5.56. The number of nitrogens with zero attached hydrogens (tertiary/aromatic N) is 2. The van der Waals surface area contributed by atoms with Crippen LogP contribution in [-0.2, 0) is 0 Å². The number of carbonyl (C=O) groups is 1. The van der Waals surface area contributed by atoms with Gasteiger partial charge in [0.25, 0.3) is 5.69 Å². The van der Waals surface area contributed by atoms with E-state index >= 15 is 0 Å². The van der Waals surface area contributed by atoms with Gasteiger partial charge in [-0.15, -0.1) is 11.3 Å². The third kappa shape index (κ3) is 2.67. The predicted octanol–water partition coefficient (Wildman–Crippen LogP) is 2.79. The van der Waals surface area contributed by atoms with Gasteiger partial charge in [0.1, 0.15) is 0 Å². The van der Waals surface area contributed by atoms with E-state index < -0.39 is 4.92 Å². The molecule has 1 radical (unpaired) electrons. The van der Waals surface area contributed by atoms with Crippen LogP contribution >= 0.6 is 11.3 Å². The third-order valence-corrected chi connectivity index (χ3v) is 3.99. The van der Waals surface area contributed by atoms with Gasteiger partial charge < -0.3 is 5.73 Å². The second-order valence-electron chi connectivity index (χ2n) is 4.50. The lowest BCUT2D eigenvalue weighted by Gasteiger charge is -2.02. The van der Waals surface area contributed by atoms with Crippen LogP contribution in [0.25, 0.3) is 0 Å². The molecule has 0 unspecified atom stereocenters. The largest absolute Gasteiger partial charge is 0.398 e. The highest BCUT2D eigenvalue weighted by molar-refractivity contribution is 7.13. The maximum Gasteiger partial charge on any atom is 0.279 e. The van der Waals surface area contributed by atoms with Crippen LogP contribution in [0, 0.1) is 16.2 Å². The Morgan fingerprint density at radius 1 is 1.55 bits per heavy atom. The van der Waals surface area contributed by atoms with Crippen LogP contribution in [-0.4, -0.2) is 15.7 Å². The Balaban J connectivity index is 2.35. The summed E-state index contributed by atoms with van der Waals surface area (Å²) in [6.07, 6.45) is 1.66. The number of carbonyl (C=O) groups excluding carboxylic acids is 1. The van der Waals surface area contributed by atoms with Gasteiger partial charge in [-0.05, 0) is 12.0 Å². The number of ketones is 1. The summed E-state index contributed by atoms with van der Waals surface area (Å²) in [7, 11) is 0. The van der Waals surface area contributed by atoms with Crippen molar-refractivity contribution in [2.75, 3.05) is 5.73 Å². The van der Waals surface area contributed by atoms with Gasteiger partial charge in [0.05, 0.1) is 11.0 Å². The van der Waals surface area contributed by atoms with Crippen LogP contribution in [0.15, 0.2) is 18.3 Å². The minimum Gasteiger partial charge on any atom is -0.398 e. The molecule has 20 heavy (non-hydrogen) atoms. The molecule has 0 saturated carbocycles. The van der Waals surface area contributed by atoms with Crippen LogP contribution in [0.1, 0.15) is 40.0 Å². The number of hydrogen-bond acceptors (Lipinski definition) is 6. The van der Waals surface area contributed by atoms with Gasteiger partial charge in [-0.3, -0.25) is 14.9 Å². The number of non-ortho nitro benzene ring substituents is 1. The molecule has 0 saturated heterocycles. The molecule has 0 aliphatic rings. The Hall–Kier alpha value is -2.28. The Morgan fingerprint density at radius 2 is 2.25 bits per heavy atom. The number of benzene rings is 1. The number of hydrogen-bond donors (Lipinski definition) is 1. The van der Waals surface area contributed by atoms with Crippen molar-refractivity contribution in [3.8, 4) is 0 Å². The first kappa shape index (κ1) is 14.1. The maximum absolute atomic E-state index is 12.3. The monoisotopic (exact) mass is 290 g/mol. The fourth-order valence-corrected chi connectivity index (χ4v) is 2.44. The van der Waals surface area contributed by atoms with E-state index in [1.165, 1.54) is 17.4 Å². The fourth-order valence-electron chi connectivity index (χ4n) is 1.57. The molecule has 0 aliphatic carbocycles. The molecule has 0 spiro atoms. The first-order valence-electron chi connectivity index (χ1n) is 5.86. The van der Waals surface area contributed by atoms with E-state index in [1.807, 2.05) is 13.8 Å². The number of thiazole rings is 1. The summed E-state index contributed by atoms with van der Waals surface area (Å²) in [6.45, 7) is 4.02. The van der Waals surface area contributed by atoms with Crippen molar-refractivity contribution in [2.45, 2.75) is 19.8 Å². The first-order valence-corrected chi connectivity index (χ1v) is 6.67. The highest BCUT2D eigenvalue weighted by Gasteiger charge is 2.19. The number of aromatic nitrogens is 1. The number of nitro benzene ring substituents is 1. The summed E-state index contributed by atoms with van der Waals surface area (Å²) < 4.78 is 0. The average molecular weight is 290 g/mol. The van der Waals surface area contributed by atoms with Crippen LogP contribution in [0.5, 0.6) is 0 Å². The van der Waals surface area contributed by atoms with Gasteiger partial charge in [-0.2, -0.15) is 0 Å². The molecule has 2 aromatic rings. The van der Waals surface area contributed by atoms with Gasteiger partial charge in [0, 0.05) is 28.4 Å².